The Bertz CT molecular complexity index is 810. The zero-order valence-electron chi connectivity index (χ0n) is 12.8. The molecule has 0 N–H and O–H groups in total. The Hall–Kier alpha value is -2.66. The van der Waals surface area contributed by atoms with Crippen LogP contribution in [0.5, 0.6) is 11.5 Å². The van der Waals surface area contributed by atoms with Crippen LogP contribution in [-0.2, 0) is 0 Å². The number of rotatable bonds is 4. The number of carbonyl (C=O) groups excluding carboxylic acids is 1. The second-order valence-corrected chi connectivity index (χ2v) is 5.86. The molecule has 0 aliphatic rings. The van der Waals surface area contributed by atoms with Crippen LogP contribution in [0.3, 0.4) is 0 Å². The molecule has 1 aromatic heterocycles. The first kappa shape index (κ1) is 15.2. The summed E-state index contributed by atoms with van der Waals surface area (Å²) in [4.78, 5) is 17.3. The van der Waals surface area contributed by atoms with Crippen LogP contribution >= 0.6 is 11.3 Å². The molecular weight excluding hydrogens is 310 g/mol. The lowest BCUT2D eigenvalue weighted by atomic mass is 10.2. The van der Waals surface area contributed by atoms with E-state index >= 15 is 0 Å². The molecule has 0 fully saturated rings. The van der Waals surface area contributed by atoms with E-state index in [0.29, 0.717) is 22.1 Å². The second kappa shape index (κ2) is 6.62. The normalized spacial score (nSPS) is 10.3. The molecular formula is C18H15NO3S. The zero-order valence-corrected chi connectivity index (χ0v) is 13.6. The van der Waals surface area contributed by atoms with Crippen molar-refractivity contribution in [3.8, 4) is 22.1 Å². The van der Waals surface area contributed by atoms with Gasteiger partial charge in [0.15, 0.2) is 0 Å². The highest BCUT2D eigenvalue weighted by Crippen LogP contribution is 2.29. The zero-order chi connectivity index (χ0) is 16.2. The van der Waals surface area contributed by atoms with Gasteiger partial charge < -0.3 is 9.47 Å². The first-order chi connectivity index (χ1) is 11.2. The van der Waals surface area contributed by atoms with E-state index in [1.54, 1.807) is 31.4 Å². The SMILES string of the molecule is COc1ccc(OC(=O)c2sc(-c3ccccc3)nc2C)cc1. The number of hydrogen-bond acceptors (Lipinski definition) is 5. The van der Waals surface area contributed by atoms with Crippen LogP contribution in [0.4, 0.5) is 0 Å². The van der Waals surface area contributed by atoms with E-state index in [4.69, 9.17) is 9.47 Å². The lowest BCUT2D eigenvalue weighted by Gasteiger charge is -2.04. The summed E-state index contributed by atoms with van der Waals surface area (Å²) in [5, 5.41) is 0.810. The Morgan fingerprint density at radius 2 is 1.65 bits per heavy atom. The van der Waals surface area contributed by atoms with E-state index < -0.39 is 5.97 Å². The van der Waals surface area contributed by atoms with Crippen LogP contribution in [0, 0.1) is 6.92 Å². The standard InChI is InChI=1S/C18H15NO3S/c1-12-16(23-17(19-12)13-6-4-3-5-7-13)18(20)22-15-10-8-14(21-2)9-11-15/h3-11H,1-2H3. The maximum atomic E-state index is 12.4. The van der Waals surface area contributed by atoms with Crippen molar-refractivity contribution in [1.82, 2.24) is 4.98 Å². The quantitative estimate of drug-likeness (QED) is 0.529. The third-order valence-electron chi connectivity index (χ3n) is 3.27. The molecule has 116 valence electrons. The van der Waals surface area contributed by atoms with Crippen molar-refractivity contribution in [2.75, 3.05) is 7.11 Å². The van der Waals surface area contributed by atoms with Crippen LogP contribution in [0.15, 0.2) is 54.6 Å². The van der Waals surface area contributed by atoms with Gasteiger partial charge in [0.1, 0.15) is 21.4 Å². The molecule has 5 heteroatoms. The van der Waals surface area contributed by atoms with Gasteiger partial charge in [-0.1, -0.05) is 30.3 Å². The average molecular weight is 325 g/mol. The maximum absolute atomic E-state index is 12.4. The van der Waals surface area contributed by atoms with Crippen molar-refractivity contribution >= 4 is 17.3 Å². The fraction of sp³-hybridized carbons (Fsp3) is 0.111. The molecule has 0 spiro atoms. The number of carbonyl (C=O) groups is 1. The molecule has 2 aromatic carbocycles. The fourth-order valence-corrected chi connectivity index (χ4v) is 3.04. The predicted molar refractivity (Wildman–Crippen MR) is 90.2 cm³/mol. The van der Waals surface area contributed by atoms with E-state index in [1.807, 2.05) is 37.3 Å². The highest BCUT2D eigenvalue weighted by molar-refractivity contribution is 7.17. The van der Waals surface area contributed by atoms with Gasteiger partial charge in [-0.15, -0.1) is 11.3 Å². The average Bonchev–Trinajstić information content (AvgIpc) is 2.98. The molecule has 0 aliphatic carbocycles. The molecule has 0 bridgehead atoms. The molecule has 0 saturated carbocycles. The smallest absolute Gasteiger partial charge is 0.355 e. The summed E-state index contributed by atoms with van der Waals surface area (Å²) in [7, 11) is 1.59. The maximum Gasteiger partial charge on any atom is 0.355 e. The Morgan fingerprint density at radius 3 is 2.30 bits per heavy atom. The Kier molecular flexibility index (Phi) is 4.39. The first-order valence-electron chi connectivity index (χ1n) is 7.06. The number of ether oxygens (including phenoxy) is 2. The van der Waals surface area contributed by atoms with Crippen molar-refractivity contribution < 1.29 is 14.3 Å². The molecule has 0 amide bonds. The van der Waals surface area contributed by atoms with Gasteiger partial charge in [0.25, 0.3) is 0 Å². The molecule has 4 nitrogen and oxygen atoms in total. The lowest BCUT2D eigenvalue weighted by Crippen LogP contribution is -2.07. The summed E-state index contributed by atoms with van der Waals surface area (Å²) in [5.41, 5.74) is 1.66. The molecule has 3 rings (SSSR count). The van der Waals surface area contributed by atoms with Gasteiger partial charge in [0.2, 0.25) is 0 Å². The summed E-state index contributed by atoms with van der Waals surface area (Å²) in [6.07, 6.45) is 0. The largest absolute Gasteiger partial charge is 0.497 e. The number of esters is 1. The van der Waals surface area contributed by atoms with E-state index in [0.717, 1.165) is 10.6 Å². The summed E-state index contributed by atoms with van der Waals surface area (Å²) < 4.78 is 10.5. The number of benzene rings is 2. The number of aryl methyl sites for hydroxylation is 1. The Labute approximate surface area is 138 Å². The molecule has 0 aliphatic heterocycles. The van der Waals surface area contributed by atoms with Crippen LogP contribution in [0.25, 0.3) is 10.6 Å². The number of methoxy groups -OCH3 is 1. The third kappa shape index (κ3) is 3.40. The molecule has 1 heterocycles. The van der Waals surface area contributed by atoms with E-state index in [2.05, 4.69) is 4.98 Å². The van der Waals surface area contributed by atoms with Crippen molar-refractivity contribution in [2.45, 2.75) is 6.92 Å². The highest BCUT2D eigenvalue weighted by Gasteiger charge is 2.18. The monoisotopic (exact) mass is 325 g/mol. The van der Waals surface area contributed by atoms with Gasteiger partial charge in [-0.2, -0.15) is 0 Å². The van der Waals surface area contributed by atoms with E-state index in [-0.39, 0.29) is 0 Å². The van der Waals surface area contributed by atoms with Crippen LogP contribution < -0.4 is 9.47 Å². The van der Waals surface area contributed by atoms with Gasteiger partial charge in [-0.05, 0) is 31.2 Å². The number of nitrogens with zero attached hydrogens (tertiary/aromatic N) is 1. The highest BCUT2D eigenvalue weighted by atomic mass is 32.1. The minimum Gasteiger partial charge on any atom is -0.497 e. The summed E-state index contributed by atoms with van der Waals surface area (Å²) in [6.45, 7) is 1.81. The molecule has 0 radical (unpaired) electrons. The molecule has 0 saturated heterocycles. The predicted octanol–water partition coefficient (Wildman–Crippen LogP) is 4.35. The van der Waals surface area contributed by atoms with Crippen LogP contribution in [-0.4, -0.2) is 18.1 Å². The van der Waals surface area contributed by atoms with Crippen LogP contribution in [0.1, 0.15) is 15.4 Å². The van der Waals surface area contributed by atoms with Crippen LogP contribution in [0.2, 0.25) is 0 Å². The Morgan fingerprint density at radius 1 is 1.00 bits per heavy atom. The van der Waals surface area contributed by atoms with Gasteiger partial charge in [-0.3, -0.25) is 0 Å². The van der Waals surface area contributed by atoms with Crippen molar-refractivity contribution in [1.29, 1.82) is 0 Å². The minimum atomic E-state index is -0.396. The number of hydrogen-bond donors (Lipinski definition) is 0. The van der Waals surface area contributed by atoms with Gasteiger partial charge in [0.05, 0.1) is 12.8 Å². The number of aromatic nitrogens is 1. The summed E-state index contributed by atoms with van der Waals surface area (Å²) >= 11 is 1.34. The van der Waals surface area contributed by atoms with E-state index in [1.165, 1.54) is 11.3 Å². The summed E-state index contributed by atoms with van der Waals surface area (Å²) in [5.74, 6) is 0.794. The topological polar surface area (TPSA) is 48.4 Å². The lowest BCUT2D eigenvalue weighted by molar-refractivity contribution is 0.0738. The molecule has 0 unspecified atom stereocenters. The van der Waals surface area contributed by atoms with Crippen molar-refractivity contribution in [3.05, 3.63) is 65.2 Å². The van der Waals surface area contributed by atoms with E-state index in [9.17, 15) is 4.79 Å². The van der Waals surface area contributed by atoms with Gasteiger partial charge >= 0.3 is 5.97 Å². The third-order valence-corrected chi connectivity index (χ3v) is 4.46. The van der Waals surface area contributed by atoms with Crippen molar-refractivity contribution in [2.24, 2.45) is 0 Å². The number of thiazole rings is 1. The molecule has 3 aromatic rings. The Balaban J connectivity index is 1.81. The van der Waals surface area contributed by atoms with Gasteiger partial charge in [-0.25, -0.2) is 9.78 Å². The first-order valence-corrected chi connectivity index (χ1v) is 7.88. The second-order valence-electron chi connectivity index (χ2n) is 4.86. The summed E-state index contributed by atoms with van der Waals surface area (Å²) in [6, 6.07) is 16.7. The molecule has 0 atom stereocenters. The molecule has 23 heavy (non-hydrogen) atoms. The fourth-order valence-electron chi connectivity index (χ4n) is 2.09. The van der Waals surface area contributed by atoms with Gasteiger partial charge in [0, 0.05) is 5.56 Å². The minimum absolute atomic E-state index is 0.396. The van der Waals surface area contributed by atoms with Crippen molar-refractivity contribution in [3.63, 3.8) is 0 Å².